The van der Waals surface area contributed by atoms with Crippen molar-refractivity contribution < 1.29 is 9.59 Å². The summed E-state index contributed by atoms with van der Waals surface area (Å²) in [7, 11) is 0. The normalized spacial score (nSPS) is 10.0. The summed E-state index contributed by atoms with van der Waals surface area (Å²) in [6.45, 7) is 3.44. The number of amides is 2. The minimum atomic E-state index is -0.359. The first-order valence-corrected chi connectivity index (χ1v) is 7.20. The molecular formula is C16H15BrN2O2. The Morgan fingerprint density at radius 3 is 2.52 bits per heavy atom. The Morgan fingerprint density at radius 1 is 1.05 bits per heavy atom. The zero-order valence-electron chi connectivity index (χ0n) is 11.7. The van der Waals surface area contributed by atoms with Crippen LogP contribution in [0.2, 0.25) is 0 Å². The number of hydrogen-bond donors (Lipinski definition) is 2. The van der Waals surface area contributed by atoms with Gasteiger partial charge in [0.15, 0.2) is 5.78 Å². The Balaban J connectivity index is 2.10. The van der Waals surface area contributed by atoms with E-state index in [0.717, 1.165) is 10.0 Å². The molecule has 0 aliphatic carbocycles. The zero-order valence-corrected chi connectivity index (χ0v) is 13.3. The van der Waals surface area contributed by atoms with Gasteiger partial charge in [-0.15, -0.1) is 0 Å². The van der Waals surface area contributed by atoms with Crippen molar-refractivity contribution in [2.24, 2.45) is 0 Å². The van der Waals surface area contributed by atoms with Gasteiger partial charge in [0.2, 0.25) is 0 Å². The van der Waals surface area contributed by atoms with Gasteiger partial charge in [-0.05, 0) is 59.6 Å². The molecule has 0 aromatic heterocycles. The summed E-state index contributed by atoms with van der Waals surface area (Å²) in [6, 6.07) is 12.2. The summed E-state index contributed by atoms with van der Waals surface area (Å²) in [5, 5.41) is 5.48. The Bertz CT molecular complexity index is 698. The minimum Gasteiger partial charge on any atom is -0.308 e. The lowest BCUT2D eigenvalue weighted by molar-refractivity contribution is 0.101. The molecule has 2 amide bonds. The number of Topliss-reactive ketones (excluding diaryl/α,β-unsaturated/α-hetero) is 1. The van der Waals surface area contributed by atoms with Gasteiger partial charge in [0, 0.05) is 15.7 Å². The van der Waals surface area contributed by atoms with Crippen LogP contribution in [-0.2, 0) is 0 Å². The second-order valence-electron chi connectivity index (χ2n) is 4.70. The Morgan fingerprint density at radius 2 is 1.81 bits per heavy atom. The highest BCUT2D eigenvalue weighted by Crippen LogP contribution is 2.23. The van der Waals surface area contributed by atoms with Crippen LogP contribution in [0, 0.1) is 6.92 Å². The number of nitrogens with one attached hydrogen (secondary N) is 2. The van der Waals surface area contributed by atoms with Crippen LogP contribution in [0.25, 0.3) is 0 Å². The van der Waals surface area contributed by atoms with E-state index in [4.69, 9.17) is 0 Å². The van der Waals surface area contributed by atoms with Crippen molar-refractivity contribution >= 4 is 39.1 Å². The molecule has 0 spiro atoms. The van der Waals surface area contributed by atoms with E-state index in [0.29, 0.717) is 16.9 Å². The van der Waals surface area contributed by atoms with Gasteiger partial charge in [0.25, 0.3) is 0 Å². The van der Waals surface area contributed by atoms with Crippen molar-refractivity contribution in [3.05, 3.63) is 58.1 Å². The SMILES string of the molecule is CC(=O)c1cccc(NC(=O)Nc2cc(C)ccc2Br)c1. The minimum absolute atomic E-state index is 0.0412. The number of hydrogen-bond acceptors (Lipinski definition) is 2. The number of ketones is 1. The highest BCUT2D eigenvalue weighted by Gasteiger charge is 2.07. The van der Waals surface area contributed by atoms with Gasteiger partial charge in [0.1, 0.15) is 0 Å². The lowest BCUT2D eigenvalue weighted by Crippen LogP contribution is -2.19. The molecule has 0 atom stereocenters. The van der Waals surface area contributed by atoms with Crippen LogP contribution < -0.4 is 10.6 Å². The predicted octanol–water partition coefficient (Wildman–Crippen LogP) is 4.60. The largest absolute Gasteiger partial charge is 0.323 e. The van der Waals surface area contributed by atoms with Crippen LogP contribution in [0.3, 0.4) is 0 Å². The first-order valence-electron chi connectivity index (χ1n) is 6.41. The van der Waals surface area contributed by atoms with Gasteiger partial charge in [-0.2, -0.15) is 0 Å². The molecule has 0 fully saturated rings. The maximum atomic E-state index is 12.0. The molecule has 2 aromatic carbocycles. The van der Waals surface area contributed by atoms with E-state index in [1.807, 2.05) is 25.1 Å². The third-order valence-corrected chi connectivity index (χ3v) is 3.59. The molecule has 5 heteroatoms. The van der Waals surface area contributed by atoms with E-state index in [-0.39, 0.29) is 11.8 Å². The number of carbonyl (C=O) groups excluding carboxylic acids is 2. The molecule has 2 aromatic rings. The highest BCUT2D eigenvalue weighted by atomic mass is 79.9. The van der Waals surface area contributed by atoms with Crippen LogP contribution >= 0.6 is 15.9 Å². The van der Waals surface area contributed by atoms with Gasteiger partial charge in [-0.25, -0.2) is 4.79 Å². The lowest BCUT2D eigenvalue weighted by atomic mass is 10.1. The first-order chi connectivity index (χ1) is 9.95. The summed E-state index contributed by atoms with van der Waals surface area (Å²) < 4.78 is 0.806. The topological polar surface area (TPSA) is 58.2 Å². The monoisotopic (exact) mass is 346 g/mol. The van der Waals surface area contributed by atoms with E-state index in [9.17, 15) is 9.59 Å². The van der Waals surface area contributed by atoms with E-state index in [1.54, 1.807) is 24.3 Å². The van der Waals surface area contributed by atoms with Gasteiger partial charge < -0.3 is 10.6 Å². The molecule has 0 bridgehead atoms. The van der Waals surface area contributed by atoms with Crippen LogP contribution in [0.5, 0.6) is 0 Å². The van der Waals surface area contributed by atoms with Crippen LogP contribution in [-0.4, -0.2) is 11.8 Å². The standard InChI is InChI=1S/C16H15BrN2O2/c1-10-6-7-14(17)15(8-10)19-16(21)18-13-5-3-4-12(9-13)11(2)20/h3-9H,1-2H3,(H2,18,19,21). The van der Waals surface area contributed by atoms with Gasteiger partial charge in [-0.3, -0.25) is 4.79 Å². The second kappa shape index (κ2) is 6.54. The maximum Gasteiger partial charge on any atom is 0.323 e. The summed E-state index contributed by atoms with van der Waals surface area (Å²) in [5.41, 5.74) is 2.87. The van der Waals surface area contributed by atoms with Crippen LogP contribution in [0.15, 0.2) is 46.9 Å². The number of halogens is 1. The third kappa shape index (κ3) is 4.16. The summed E-state index contributed by atoms with van der Waals surface area (Å²) in [6.07, 6.45) is 0. The van der Waals surface area contributed by atoms with Crippen LogP contribution in [0.1, 0.15) is 22.8 Å². The molecule has 0 aliphatic heterocycles. The Kier molecular flexibility index (Phi) is 4.75. The summed E-state index contributed by atoms with van der Waals surface area (Å²) in [4.78, 5) is 23.3. The fraction of sp³-hybridized carbons (Fsp3) is 0.125. The van der Waals surface area contributed by atoms with Crippen molar-refractivity contribution in [3.63, 3.8) is 0 Å². The zero-order chi connectivity index (χ0) is 15.4. The molecule has 2 rings (SSSR count). The number of carbonyl (C=O) groups is 2. The van der Waals surface area contributed by atoms with Gasteiger partial charge in [0.05, 0.1) is 5.69 Å². The van der Waals surface area contributed by atoms with Gasteiger partial charge in [-0.1, -0.05) is 18.2 Å². The summed E-state index contributed by atoms with van der Waals surface area (Å²) in [5.74, 6) is -0.0412. The van der Waals surface area contributed by atoms with E-state index in [2.05, 4.69) is 26.6 Å². The fourth-order valence-corrected chi connectivity index (χ4v) is 2.18. The molecule has 0 heterocycles. The molecule has 0 unspecified atom stereocenters. The number of benzene rings is 2. The Hall–Kier alpha value is -2.14. The maximum absolute atomic E-state index is 12.0. The predicted molar refractivity (Wildman–Crippen MR) is 88.0 cm³/mol. The fourth-order valence-electron chi connectivity index (χ4n) is 1.84. The van der Waals surface area contributed by atoms with Crippen molar-refractivity contribution in [3.8, 4) is 0 Å². The number of aryl methyl sites for hydroxylation is 1. The number of anilines is 2. The molecule has 0 saturated heterocycles. The van der Waals surface area contributed by atoms with Crippen molar-refractivity contribution in [2.75, 3.05) is 10.6 Å². The van der Waals surface area contributed by atoms with Crippen LogP contribution in [0.4, 0.5) is 16.2 Å². The number of rotatable bonds is 3. The van der Waals surface area contributed by atoms with Crippen molar-refractivity contribution in [1.82, 2.24) is 0 Å². The third-order valence-electron chi connectivity index (χ3n) is 2.90. The average Bonchev–Trinajstić information content (AvgIpc) is 2.43. The van der Waals surface area contributed by atoms with E-state index < -0.39 is 0 Å². The lowest BCUT2D eigenvalue weighted by Gasteiger charge is -2.10. The number of urea groups is 1. The van der Waals surface area contributed by atoms with E-state index in [1.165, 1.54) is 6.92 Å². The first kappa shape index (κ1) is 15.3. The van der Waals surface area contributed by atoms with Gasteiger partial charge >= 0.3 is 6.03 Å². The average molecular weight is 347 g/mol. The Labute approximate surface area is 131 Å². The molecule has 21 heavy (non-hydrogen) atoms. The second-order valence-corrected chi connectivity index (χ2v) is 5.55. The van der Waals surface area contributed by atoms with E-state index >= 15 is 0 Å². The molecule has 4 nitrogen and oxygen atoms in total. The highest BCUT2D eigenvalue weighted by molar-refractivity contribution is 9.10. The smallest absolute Gasteiger partial charge is 0.308 e. The molecule has 108 valence electrons. The van der Waals surface area contributed by atoms with Crippen molar-refractivity contribution in [2.45, 2.75) is 13.8 Å². The molecule has 0 aliphatic rings. The molecule has 0 radical (unpaired) electrons. The quantitative estimate of drug-likeness (QED) is 0.797. The van der Waals surface area contributed by atoms with Crippen molar-refractivity contribution in [1.29, 1.82) is 0 Å². The summed E-state index contributed by atoms with van der Waals surface area (Å²) >= 11 is 3.39. The molecule has 0 saturated carbocycles. The molecule has 2 N–H and O–H groups in total. The molecular weight excluding hydrogens is 332 g/mol.